The third kappa shape index (κ3) is 3.66. The summed E-state index contributed by atoms with van der Waals surface area (Å²) in [6.07, 6.45) is 2.25. The minimum absolute atomic E-state index is 0.157. The Bertz CT molecular complexity index is 1340. The van der Waals surface area contributed by atoms with Gasteiger partial charge in [0.25, 0.3) is 5.91 Å². The molecule has 0 N–H and O–H groups in total. The highest BCUT2D eigenvalue weighted by atomic mass is 16.3. The fourth-order valence-corrected chi connectivity index (χ4v) is 3.92. The number of aromatic nitrogens is 4. The van der Waals surface area contributed by atoms with E-state index < -0.39 is 0 Å². The zero-order valence-electron chi connectivity index (χ0n) is 17.1. The van der Waals surface area contributed by atoms with Crippen molar-refractivity contribution in [3.8, 4) is 0 Å². The first-order chi connectivity index (χ1) is 15.2. The molecule has 3 aromatic heterocycles. The summed E-state index contributed by atoms with van der Waals surface area (Å²) in [7, 11) is 0. The second kappa shape index (κ2) is 8.02. The molecule has 0 aliphatic rings. The van der Waals surface area contributed by atoms with Gasteiger partial charge in [-0.25, -0.2) is 0 Å². The lowest BCUT2D eigenvalue weighted by atomic mass is 10.1. The van der Waals surface area contributed by atoms with Crippen LogP contribution >= 0.6 is 0 Å². The van der Waals surface area contributed by atoms with E-state index in [9.17, 15) is 4.79 Å². The van der Waals surface area contributed by atoms with Gasteiger partial charge in [-0.3, -0.25) is 4.79 Å². The van der Waals surface area contributed by atoms with Gasteiger partial charge in [0.2, 0.25) is 0 Å². The lowest BCUT2D eigenvalue weighted by molar-refractivity contribution is 0.0713. The van der Waals surface area contributed by atoms with Crippen LogP contribution in [0.2, 0.25) is 0 Å². The maximum absolute atomic E-state index is 13.2. The van der Waals surface area contributed by atoms with E-state index in [1.807, 2.05) is 43.3 Å². The van der Waals surface area contributed by atoms with Crippen LogP contribution in [0.3, 0.4) is 0 Å². The third-order valence-corrected chi connectivity index (χ3v) is 5.46. The molecule has 0 unspecified atom stereocenters. The van der Waals surface area contributed by atoms with Crippen molar-refractivity contribution in [3.05, 3.63) is 95.4 Å². The third-order valence-electron chi connectivity index (χ3n) is 5.46. The van der Waals surface area contributed by atoms with E-state index in [-0.39, 0.29) is 5.91 Å². The first-order valence-corrected chi connectivity index (χ1v) is 10.2. The summed E-state index contributed by atoms with van der Waals surface area (Å²) >= 11 is 0. The molecule has 7 heteroatoms. The van der Waals surface area contributed by atoms with Crippen LogP contribution in [0.1, 0.15) is 27.2 Å². The standard InChI is InChI=1S/C24H21N5O2/c1-17-7-5-10-19-15-20(23-25-26-27-29(23)22(17)19)16-28(24(30)21-11-6-14-31-21)13-12-18-8-3-2-4-9-18/h2-11,14-15H,12-13,16H2,1H3. The summed E-state index contributed by atoms with van der Waals surface area (Å²) in [6, 6.07) is 21.7. The zero-order chi connectivity index (χ0) is 21.2. The van der Waals surface area contributed by atoms with E-state index in [0.29, 0.717) is 24.5 Å². The Morgan fingerprint density at radius 3 is 2.74 bits per heavy atom. The van der Waals surface area contributed by atoms with Gasteiger partial charge in [-0.2, -0.15) is 4.52 Å². The smallest absolute Gasteiger partial charge is 0.289 e. The van der Waals surface area contributed by atoms with E-state index in [1.54, 1.807) is 21.5 Å². The van der Waals surface area contributed by atoms with Crippen LogP contribution in [-0.4, -0.2) is 37.4 Å². The molecular weight excluding hydrogens is 390 g/mol. The molecule has 0 fully saturated rings. The van der Waals surface area contributed by atoms with Gasteiger partial charge in [-0.05, 0) is 53.1 Å². The molecule has 31 heavy (non-hydrogen) atoms. The molecule has 1 amide bonds. The monoisotopic (exact) mass is 411 g/mol. The van der Waals surface area contributed by atoms with E-state index in [2.05, 4.69) is 33.7 Å². The number of hydrogen-bond acceptors (Lipinski definition) is 5. The molecule has 3 heterocycles. The molecule has 7 nitrogen and oxygen atoms in total. The first-order valence-electron chi connectivity index (χ1n) is 10.2. The molecule has 0 saturated carbocycles. The normalized spacial score (nSPS) is 11.3. The summed E-state index contributed by atoms with van der Waals surface area (Å²) in [6.45, 7) is 2.96. The Morgan fingerprint density at radius 1 is 1.06 bits per heavy atom. The van der Waals surface area contributed by atoms with E-state index in [1.165, 1.54) is 11.8 Å². The zero-order valence-corrected chi connectivity index (χ0v) is 17.1. The van der Waals surface area contributed by atoms with Gasteiger partial charge in [0, 0.05) is 24.0 Å². The van der Waals surface area contributed by atoms with Crippen molar-refractivity contribution in [2.75, 3.05) is 6.54 Å². The molecule has 5 aromatic rings. The second-order valence-electron chi connectivity index (χ2n) is 7.54. The fraction of sp³-hybridized carbons (Fsp3) is 0.167. The predicted octanol–water partition coefficient (Wildman–Crippen LogP) is 4.06. The van der Waals surface area contributed by atoms with Gasteiger partial charge in [0.15, 0.2) is 11.4 Å². The number of carbonyl (C=O) groups excluding carboxylic acids is 1. The van der Waals surface area contributed by atoms with E-state index >= 15 is 0 Å². The lowest BCUT2D eigenvalue weighted by Crippen LogP contribution is -2.32. The Balaban J connectivity index is 1.53. The molecule has 0 saturated heterocycles. The van der Waals surface area contributed by atoms with Crippen LogP contribution in [0.4, 0.5) is 0 Å². The molecule has 0 bridgehead atoms. The molecule has 2 aromatic carbocycles. The number of tetrazole rings is 1. The molecule has 0 spiro atoms. The van der Waals surface area contributed by atoms with Crippen LogP contribution < -0.4 is 0 Å². The van der Waals surface area contributed by atoms with Crippen molar-refractivity contribution in [2.45, 2.75) is 19.9 Å². The molecule has 154 valence electrons. The highest BCUT2D eigenvalue weighted by Gasteiger charge is 2.21. The summed E-state index contributed by atoms with van der Waals surface area (Å²) in [4.78, 5) is 15.0. The van der Waals surface area contributed by atoms with Crippen molar-refractivity contribution < 1.29 is 9.21 Å². The number of aryl methyl sites for hydroxylation is 1. The van der Waals surface area contributed by atoms with Crippen LogP contribution in [0.5, 0.6) is 0 Å². The molecule has 0 radical (unpaired) electrons. The van der Waals surface area contributed by atoms with Gasteiger partial charge in [0.05, 0.1) is 11.8 Å². The number of furan rings is 1. The fourth-order valence-electron chi connectivity index (χ4n) is 3.92. The number of carbonyl (C=O) groups is 1. The molecule has 5 rings (SSSR count). The lowest BCUT2D eigenvalue weighted by Gasteiger charge is -2.22. The number of benzene rings is 2. The minimum Gasteiger partial charge on any atom is -0.459 e. The van der Waals surface area contributed by atoms with Crippen molar-refractivity contribution in [2.24, 2.45) is 0 Å². The maximum Gasteiger partial charge on any atom is 0.289 e. The van der Waals surface area contributed by atoms with Crippen molar-refractivity contribution in [1.82, 2.24) is 24.9 Å². The van der Waals surface area contributed by atoms with E-state index in [0.717, 1.165) is 28.5 Å². The average Bonchev–Trinajstić information content (AvgIpc) is 3.49. The minimum atomic E-state index is -0.157. The number of hydrogen-bond donors (Lipinski definition) is 0. The first kappa shape index (κ1) is 19.0. The number of rotatable bonds is 6. The van der Waals surface area contributed by atoms with Crippen molar-refractivity contribution in [1.29, 1.82) is 0 Å². The van der Waals surface area contributed by atoms with Crippen molar-refractivity contribution >= 4 is 22.5 Å². The summed E-state index contributed by atoms with van der Waals surface area (Å²) < 4.78 is 7.14. The average molecular weight is 411 g/mol. The summed E-state index contributed by atoms with van der Waals surface area (Å²) in [5.74, 6) is 0.163. The topological polar surface area (TPSA) is 76.5 Å². The maximum atomic E-state index is 13.2. The molecule has 0 aliphatic heterocycles. The van der Waals surface area contributed by atoms with Gasteiger partial charge in [0.1, 0.15) is 0 Å². The van der Waals surface area contributed by atoms with Crippen LogP contribution in [0.25, 0.3) is 16.6 Å². The summed E-state index contributed by atoms with van der Waals surface area (Å²) in [5, 5.41) is 13.4. The largest absolute Gasteiger partial charge is 0.459 e. The number of nitrogens with zero attached hydrogens (tertiary/aromatic N) is 5. The highest BCUT2D eigenvalue weighted by molar-refractivity contribution is 5.92. The van der Waals surface area contributed by atoms with Crippen LogP contribution in [-0.2, 0) is 13.0 Å². The Kier molecular flexibility index (Phi) is 4.92. The summed E-state index contributed by atoms with van der Waals surface area (Å²) in [5.41, 5.74) is 4.77. The van der Waals surface area contributed by atoms with Gasteiger partial charge in [-0.15, -0.1) is 5.10 Å². The second-order valence-corrected chi connectivity index (χ2v) is 7.54. The number of amides is 1. The van der Waals surface area contributed by atoms with Gasteiger partial charge < -0.3 is 9.32 Å². The van der Waals surface area contributed by atoms with Gasteiger partial charge in [-0.1, -0.05) is 48.5 Å². The Hall–Kier alpha value is -4.00. The quantitative estimate of drug-likeness (QED) is 0.421. The molecular formula is C24H21N5O2. The van der Waals surface area contributed by atoms with Crippen LogP contribution in [0, 0.1) is 6.92 Å². The van der Waals surface area contributed by atoms with Gasteiger partial charge >= 0.3 is 0 Å². The number of pyridine rings is 1. The Labute approximate surface area is 178 Å². The van der Waals surface area contributed by atoms with Crippen LogP contribution in [0.15, 0.2) is 77.4 Å². The SMILES string of the molecule is Cc1cccc2cc(CN(CCc3ccccc3)C(=O)c3ccco3)c3nnnn3c12. The number of para-hydroxylation sites is 1. The highest BCUT2D eigenvalue weighted by Crippen LogP contribution is 2.23. The van der Waals surface area contributed by atoms with Crippen molar-refractivity contribution in [3.63, 3.8) is 0 Å². The van der Waals surface area contributed by atoms with E-state index in [4.69, 9.17) is 4.42 Å². The molecule has 0 atom stereocenters. The number of fused-ring (bicyclic) bond motifs is 3. The Morgan fingerprint density at radius 2 is 1.94 bits per heavy atom. The predicted molar refractivity (Wildman–Crippen MR) is 117 cm³/mol. The molecule has 0 aliphatic carbocycles.